The van der Waals surface area contributed by atoms with Crippen LogP contribution in [0.15, 0.2) is 66.7 Å². The van der Waals surface area contributed by atoms with Crippen LogP contribution >= 0.6 is 11.6 Å². The van der Waals surface area contributed by atoms with E-state index in [1.807, 2.05) is 36.4 Å². The predicted octanol–water partition coefficient (Wildman–Crippen LogP) is 6.31. The average Bonchev–Trinajstić information content (AvgIpc) is 3.19. The molecule has 0 heterocycles. The molecule has 3 aromatic rings. The van der Waals surface area contributed by atoms with Crippen LogP contribution in [0.25, 0.3) is 11.1 Å². The van der Waals surface area contributed by atoms with E-state index in [2.05, 4.69) is 29.6 Å². The number of amides is 1. The number of nitrogens with one attached hydrogen (secondary N) is 1. The second-order valence-electron chi connectivity index (χ2n) is 8.95. The van der Waals surface area contributed by atoms with Crippen molar-refractivity contribution in [2.24, 2.45) is 0 Å². The highest BCUT2D eigenvalue weighted by molar-refractivity contribution is 6.18. The molecule has 5 nitrogen and oxygen atoms in total. The van der Waals surface area contributed by atoms with Gasteiger partial charge in [-0.3, -0.25) is 0 Å². The molecule has 1 atom stereocenters. The number of ether oxygens (including phenoxy) is 1. The minimum Gasteiger partial charge on any atom is -0.508 e. The maximum absolute atomic E-state index is 12.3. The topological polar surface area (TPSA) is 78.8 Å². The zero-order valence-corrected chi connectivity index (χ0v) is 20.5. The van der Waals surface area contributed by atoms with Crippen molar-refractivity contribution in [1.82, 2.24) is 5.32 Å². The van der Waals surface area contributed by atoms with Crippen molar-refractivity contribution in [3.8, 4) is 16.9 Å². The molecule has 0 spiro atoms. The van der Waals surface area contributed by atoms with Gasteiger partial charge in [-0.15, -0.1) is 11.6 Å². The lowest BCUT2D eigenvalue weighted by Gasteiger charge is -2.15. The number of fused-ring (bicyclic) bond motifs is 3. The molecule has 1 unspecified atom stereocenters. The first-order chi connectivity index (χ1) is 17.1. The average molecular weight is 494 g/mol. The van der Waals surface area contributed by atoms with Gasteiger partial charge in [-0.2, -0.15) is 0 Å². The number of alkyl carbamates (subject to hydrolysis) is 1. The fourth-order valence-corrected chi connectivity index (χ4v) is 4.99. The summed E-state index contributed by atoms with van der Waals surface area (Å²) in [6.07, 6.45) is 2.53. The molecule has 6 heteroatoms. The summed E-state index contributed by atoms with van der Waals surface area (Å²) in [4.78, 5) is 12.3. The van der Waals surface area contributed by atoms with E-state index in [9.17, 15) is 15.0 Å². The summed E-state index contributed by atoms with van der Waals surface area (Å²) in [6, 6.07) is 21.8. The van der Waals surface area contributed by atoms with Crippen molar-refractivity contribution >= 4 is 17.7 Å². The Hall–Kier alpha value is -3.02. The van der Waals surface area contributed by atoms with Gasteiger partial charge in [0, 0.05) is 23.9 Å². The molecule has 0 saturated heterocycles. The predicted molar refractivity (Wildman–Crippen MR) is 139 cm³/mol. The maximum Gasteiger partial charge on any atom is 0.407 e. The summed E-state index contributed by atoms with van der Waals surface area (Å²) in [5, 5.41) is 23.4. The first-order valence-corrected chi connectivity index (χ1v) is 12.8. The van der Waals surface area contributed by atoms with Crippen molar-refractivity contribution < 1.29 is 19.7 Å². The summed E-state index contributed by atoms with van der Waals surface area (Å²) < 4.78 is 5.56. The molecule has 0 aromatic heterocycles. The van der Waals surface area contributed by atoms with Gasteiger partial charge in [-0.25, -0.2) is 4.79 Å². The van der Waals surface area contributed by atoms with Gasteiger partial charge < -0.3 is 20.3 Å². The van der Waals surface area contributed by atoms with E-state index >= 15 is 0 Å². The van der Waals surface area contributed by atoms with Crippen LogP contribution in [-0.2, 0) is 11.2 Å². The summed E-state index contributed by atoms with van der Waals surface area (Å²) in [7, 11) is 0. The van der Waals surface area contributed by atoms with Crippen LogP contribution in [0.4, 0.5) is 4.79 Å². The van der Waals surface area contributed by atoms with Crippen molar-refractivity contribution in [2.75, 3.05) is 19.0 Å². The quantitative estimate of drug-likeness (QED) is 0.216. The zero-order valence-electron chi connectivity index (χ0n) is 19.8. The maximum atomic E-state index is 12.3. The number of aliphatic hydroxyl groups is 1. The molecule has 3 aromatic carbocycles. The van der Waals surface area contributed by atoms with E-state index in [4.69, 9.17) is 16.3 Å². The van der Waals surface area contributed by atoms with Gasteiger partial charge in [-0.1, -0.05) is 67.4 Å². The van der Waals surface area contributed by atoms with Gasteiger partial charge in [0.2, 0.25) is 0 Å². The zero-order chi connectivity index (χ0) is 24.6. The van der Waals surface area contributed by atoms with Gasteiger partial charge in [0.25, 0.3) is 0 Å². The number of halogens is 1. The fraction of sp³-hybridized carbons (Fsp3) is 0.345. The summed E-state index contributed by atoms with van der Waals surface area (Å²) in [5.74, 6) is 0.651. The summed E-state index contributed by atoms with van der Waals surface area (Å²) in [6.45, 7) is 0.821. The largest absolute Gasteiger partial charge is 0.508 e. The molecule has 0 saturated carbocycles. The van der Waals surface area contributed by atoms with E-state index in [1.165, 1.54) is 22.3 Å². The smallest absolute Gasteiger partial charge is 0.407 e. The van der Waals surface area contributed by atoms with Gasteiger partial charge in [-0.05, 0) is 59.2 Å². The number of alkyl halides is 1. The normalized spacial score (nSPS) is 13.2. The minimum absolute atomic E-state index is 0.0500. The van der Waals surface area contributed by atoms with Gasteiger partial charge in [0.05, 0.1) is 6.10 Å². The monoisotopic (exact) mass is 493 g/mol. The van der Waals surface area contributed by atoms with Gasteiger partial charge >= 0.3 is 6.09 Å². The molecular weight excluding hydrogens is 462 g/mol. The van der Waals surface area contributed by atoms with E-state index in [0.717, 1.165) is 24.8 Å². The first kappa shape index (κ1) is 25.1. The molecule has 0 aliphatic heterocycles. The number of phenols is 1. The summed E-state index contributed by atoms with van der Waals surface area (Å²) >= 11 is 5.79. The van der Waals surface area contributed by atoms with Crippen LogP contribution in [0.2, 0.25) is 0 Å². The number of carbonyl (C=O) groups excluding carboxylic acids is 1. The first-order valence-electron chi connectivity index (χ1n) is 12.2. The molecule has 0 bridgehead atoms. The number of aliphatic hydroxyl groups excluding tert-OH is 1. The number of hydrogen-bond acceptors (Lipinski definition) is 4. The number of hydrogen-bond donors (Lipinski definition) is 3. The van der Waals surface area contributed by atoms with Crippen LogP contribution in [0.3, 0.4) is 0 Å². The molecule has 184 valence electrons. The summed E-state index contributed by atoms with van der Waals surface area (Å²) in [5.41, 5.74) is 6.35. The second-order valence-corrected chi connectivity index (χ2v) is 9.33. The molecule has 1 amide bonds. The van der Waals surface area contributed by atoms with Crippen LogP contribution < -0.4 is 5.32 Å². The Morgan fingerprint density at radius 3 is 2.34 bits per heavy atom. The molecule has 0 fully saturated rings. The molecule has 0 radical (unpaired) electrons. The highest BCUT2D eigenvalue weighted by Gasteiger charge is 2.28. The number of unbranched alkanes of at least 4 members (excludes halogenated alkanes) is 2. The molecule has 3 N–H and O–H groups in total. The lowest BCUT2D eigenvalue weighted by Crippen LogP contribution is -2.27. The number of phenolic OH excluding ortho intramolecular Hbond substituents is 1. The third-order valence-electron chi connectivity index (χ3n) is 6.60. The third kappa shape index (κ3) is 6.16. The molecule has 4 rings (SSSR count). The Morgan fingerprint density at radius 1 is 0.971 bits per heavy atom. The van der Waals surface area contributed by atoms with Crippen LogP contribution in [0.1, 0.15) is 60.0 Å². The lowest BCUT2D eigenvalue weighted by atomic mass is 9.98. The Bertz CT molecular complexity index is 1100. The van der Waals surface area contributed by atoms with Crippen molar-refractivity contribution in [1.29, 1.82) is 0 Å². The third-order valence-corrected chi connectivity index (χ3v) is 6.79. The van der Waals surface area contributed by atoms with Crippen molar-refractivity contribution in [3.05, 3.63) is 89.0 Å². The Kier molecular flexibility index (Phi) is 8.67. The van der Waals surface area contributed by atoms with E-state index in [0.29, 0.717) is 37.4 Å². The number of benzene rings is 3. The molecular formula is C29H32ClNO4. The van der Waals surface area contributed by atoms with E-state index in [-0.39, 0.29) is 11.7 Å². The SMILES string of the molecule is O=C(NCCCCCC(O)c1cc(CCCl)ccc1O)OCC1c2ccccc2-c2ccccc21. The number of rotatable bonds is 11. The van der Waals surface area contributed by atoms with Crippen molar-refractivity contribution in [2.45, 2.75) is 44.1 Å². The van der Waals surface area contributed by atoms with Crippen LogP contribution in [0, 0.1) is 0 Å². The molecule has 35 heavy (non-hydrogen) atoms. The number of carbonyl (C=O) groups is 1. The number of aryl methyl sites for hydroxylation is 1. The van der Waals surface area contributed by atoms with Gasteiger partial charge in [0.1, 0.15) is 12.4 Å². The highest BCUT2D eigenvalue weighted by Crippen LogP contribution is 2.44. The Morgan fingerprint density at radius 2 is 1.66 bits per heavy atom. The van der Waals surface area contributed by atoms with Crippen molar-refractivity contribution in [3.63, 3.8) is 0 Å². The minimum atomic E-state index is -0.722. The van der Waals surface area contributed by atoms with Crippen LogP contribution in [-0.4, -0.2) is 35.3 Å². The number of aromatic hydroxyl groups is 1. The molecule has 1 aliphatic carbocycles. The standard InChI is InChI=1S/C29H32ClNO4/c30-16-15-20-13-14-28(33)25(18-20)27(32)12-2-1-7-17-31-29(34)35-19-26-23-10-5-3-8-21(23)22-9-4-6-11-24(22)26/h3-6,8-11,13-14,18,26-27,32-33H,1-2,7,12,15-17,19H2,(H,31,34). The Labute approximate surface area is 211 Å². The van der Waals surface area contributed by atoms with E-state index < -0.39 is 12.2 Å². The fourth-order valence-electron chi connectivity index (χ4n) is 4.77. The molecule has 1 aliphatic rings. The Balaban J connectivity index is 1.16. The van der Waals surface area contributed by atoms with Crippen LogP contribution in [0.5, 0.6) is 5.75 Å². The van der Waals surface area contributed by atoms with Gasteiger partial charge in [0.15, 0.2) is 0 Å². The lowest BCUT2D eigenvalue weighted by molar-refractivity contribution is 0.142. The second kappa shape index (κ2) is 12.1. The highest BCUT2D eigenvalue weighted by atomic mass is 35.5. The van der Waals surface area contributed by atoms with E-state index in [1.54, 1.807) is 6.07 Å².